The average molecular weight is 277 g/mol. The Labute approximate surface area is 115 Å². The summed E-state index contributed by atoms with van der Waals surface area (Å²) in [5.74, 6) is -0.541. The van der Waals surface area contributed by atoms with E-state index in [1.54, 1.807) is 21.6 Å². The number of carboxylic acid groups (broad SMARTS) is 1. The van der Waals surface area contributed by atoms with Gasteiger partial charge in [0, 0.05) is 32.7 Å². The fourth-order valence-electron chi connectivity index (χ4n) is 2.43. The molecule has 0 spiro atoms. The normalized spacial score (nSPS) is 16.4. The van der Waals surface area contributed by atoms with Crippen LogP contribution in [0.25, 0.3) is 11.5 Å². The fraction of sp³-hybridized carbons (Fsp3) is 0.500. The number of aromatic nitrogens is 5. The van der Waals surface area contributed by atoms with Gasteiger partial charge in [0.15, 0.2) is 5.82 Å². The third-order valence-corrected chi connectivity index (χ3v) is 3.47. The zero-order valence-corrected chi connectivity index (χ0v) is 11.1. The zero-order valence-electron chi connectivity index (χ0n) is 11.1. The second-order valence-electron chi connectivity index (χ2n) is 4.74. The van der Waals surface area contributed by atoms with Crippen molar-refractivity contribution in [1.29, 1.82) is 0 Å². The Bertz CT molecular complexity index is 627. The number of ether oxygens (including phenoxy) is 1. The molecule has 8 heteroatoms. The van der Waals surface area contributed by atoms with E-state index in [4.69, 9.17) is 4.74 Å². The number of rotatable bonds is 3. The third-order valence-electron chi connectivity index (χ3n) is 3.47. The van der Waals surface area contributed by atoms with Gasteiger partial charge in [-0.3, -0.25) is 0 Å². The predicted octanol–water partition coefficient (Wildman–Crippen LogP) is 0.728. The largest absolute Gasteiger partial charge is 0.476 e. The Morgan fingerprint density at radius 1 is 1.45 bits per heavy atom. The van der Waals surface area contributed by atoms with Crippen LogP contribution in [-0.2, 0) is 11.8 Å². The Morgan fingerprint density at radius 2 is 2.20 bits per heavy atom. The standard InChI is InChI=1S/C12H15N5O3/c1-16-5-4-13-11(16)10-9(12(18)19)14-15-17(10)8-2-6-20-7-3-8/h4-5,8H,2-3,6-7H2,1H3,(H,18,19). The lowest BCUT2D eigenvalue weighted by Crippen LogP contribution is -2.22. The average Bonchev–Trinajstić information content (AvgIpc) is 3.05. The first-order valence-corrected chi connectivity index (χ1v) is 6.42. The van der Waals surface area contributed by atoms with Crippen molar-refractivity contribution in [2.75, 3.05) is 13.2 Å². The van der Waals surface area contributed by atoms with Gasteiger partial charge in [-0.05, 0) is 12.8 Å². The Hall–Kier alpha value is -2.22. The number of imidazole rings is 1. The van der Waals surface area contributed by atoms with Gasteiger partial charge in [0.05, 0.1) is 6.04 Å². The maximum Gasteiger partial charge on any atom is 0.358 e. The SMILES string of the molecule is Cn1ccnc1-c1c(C(=O)O)nnn1C1CCOCC1. The molecular weight excluding hydrogens is 262 g/mol. The molecule has 1 aliphatic heterocycles. The summed E-state index contributed by atoms with van der Waals surface area (Å²) in [6.07, 6.45) is 4.98. The van der Waals surface area contributed by atoms with Gasteiger partial charge in [-0.25, -0.2) is 14.5 Å². The molecule has 1 N–H and O–H groups in total. The van der Waals surface area contributed by atoms with Crippen molar-refractivity contribution in [2.24, 2.45) is 7.05 Å². The van der Waals surface area contributed by atoms with Crippen molar-refractivity contribution in [3.63, 3.8) is 0 Å². The van der Waals surface area contributed by atoms with Crippen LogP contribution in [0.1, 0.15) is 29.4 Å². The molecule has 0 aliphatic carbocycles. The van der Waals surface area contributed by atoms with Gasteiger partial charge in [-0.15, -0.1) is 5.10 Å². The lowest BCUT2D eigenvalue weighted by atomic mass is 10.1. The van der Waals surface area contributed by atoms with E-state index >= 15 is 0 Å². The number of nitrogens with zero attached hydrogens (tertiary/aromatic N) is 5. The molecule has 3 rings (SSSR count). The minimum absolute atomic E-state index is 0.0641. The van der Waals surface area contributed by atoms with E-state index in [2.05, 4.69) is 15.3 Å². The van der Waals surface area contributed by atoms with E-state index < -0.39 is 5.97 Å². The van der Waals surface area contributed by atoms with Gasteiger partial charge in [0.2, 0.25) is 5.69 Å². The van der Waals surface area contributed by atoms with Gasteiger partial charge in [-0.1, -0.05) is 5.21 Å². The number of hydrogen-bond donors (Lipinski definition) is 1. The summed E-state index contributed by atoms with van der Waals surface area (Å²) in [7, 11) is 1.81. The monoisotopic (exact) mass is 277 g/mol. The van der Waals surface area contributed by atoms with Gasteiger partial charge in [-0.2, -0.15) is 0 Å². The molecule has 1 aliphatic rings. The van der Waals surface area contributed by atoms with Crippen molar-refractivity contribution in [2.45, 2.75) is 18.9 Å². The molecule has 0 saturated carbocycles. The van der Waals surface area contributed by atoms with E-state index in [1.165, 1.54) is 0 Å². The Morgan fingerprint density at radius 3 is 2.80 bits per heavy atom. The predicted molar refractivity (Wildman–Crippen MR) is 68.3 cm³/mol. The smallest absolute Gasteiger partial charge is 0.358 e. The summed E-state index contributed by atoms with van der Waals surface area (Å²) >= 11 is 0. The van der Waals surface area contributed by atoms with Crippen molar-refractivity contribution >= 4 is 5.97 Å². The highest BCUT2D eigenvalue weighted by Crippen LogP contribution is 2.28. The lowest BCUT2D eigenvalue weighted by molar-refractivity contribution is 0.0661. The van der Waals surface area contributed by atoms with Crippen LogP contribution in [0, 0.1) is 0 Å². The first kappa shape index (κ1) is 12.8. The van der Waals surface area contributed by atoms with Crippen LogP contribution in [0.3, 0.4) is 0 Å². The van der Waals surface area contributed by atoms with Crippen molar-refractivity contribution in [3.8, 4) is 11.5 Å². The summed E-state index contributed by atoms with van der Waals surface area (Å²) in [6, 6.07) is 0.0936. The molecule has 2 aromatic rings. The van der Waals surface area contributed by atoms with Crippen LogP contribution < -0.4 is 0 Å². The Kier molecular flexibility index (Phi) is 3.23. The first-order chi connectivity index (χ1) is 9.68. The topological polar surface area (TPSA) is 95.1 Å². The number of aromatic carboxylic acids is 1. The maximum atomic E-state index is 11.3. The molecule has 3 heterocycles. The molecule has 2 aromatic heterocycles. The molecule has 106 valence electrons. The second kappa shape index (κ2) is 5.04. The fourth-order valence-corrected chi connectivity index (χ4v) is 2.43. The number of aryl methyl sites for hydroxylation is 1. The number of carboxylic acids is 1. The van der Waals surface area contributed by atoms with Gasteiger partial charge in [0.1, 0.15) is 5.69 Å². The number of carbonyl (C=O) groups is 1. The molecule has 0 unspecified atom stereocenters. The third kappa shape index (κ3) is 2.07. The minimum atomic E-state index is -1.10. The molecule has 0 bridgehead atoms. The van der Waals surface area contributed by atoms with Crippen molar-refractivity contribution < 1.29 is 14.6 Å². The molecule has 20 heavy (non-hydrogen) atoms. The highest BCUT2D eigenvalue weighted by atomic mass is 16.5. The van der Waals surface area contributed by atoms with E-state index in [9.17, 15) is 9.90 Å². The van der Waals surface area contributed by atoms with Crippen LogP contribution in [0.5, 0.6) is 0 Å². The molecule has 0 aromatic carbocycles. The molecule has 1 fully saturated rings. The molecule has 0 amide bonds. The lowest BCUT2D eigenvalue weighted by Gasteiger charge is -2.23. The highest BCUT2D eigenvalue weighted by Gasteiger charge is 2.28. The summed E-state index contributed by atoms with van der Waals surface area (Å²) in [5, 5.41) is 17.1. The molecular formula is C12H15N5O3. The van der Waals surface area contributed by atoms with Crippen LogP contribution >= 0.6 is 0 Å². The van der Waals surface area contributed by atoms with E-state index in [1.807, 2.05) is 7.05 Å². The quantitative estimate of drug-likeness (QED) is 0.888. The molecule has 8 nitrogen and oxygen atoms in total. The molecule has 0 radical (unpaired) electrons. The summed E-state index contributed by atoms with van der Waals surface area (Å²) in [5.41, 5.74) is 0.391. The zero-order chi connectivity index (χ0) is 14.1. The van der Waals surface area contributed by atoms with Crippen LogP contribution in [0.4, 0.5) is 0 Å². The highest BCUT2D eigenvalue weighted by molar-refractivity contribution is 5.91. The van der Waals surface area contributed by atoms with Crippen LogP contribution in [0.2, 0.25) is 0 Å². The van der Waals surface area contributed by atoms with E-state index in [0.29, 0.717) is 24.7 Å². The number of hydrogen-bond acceptors (Lipinski definition) is 5. The Balaban J connectivity index is 2.11. The molecule has 1 saturated heterocycles. The summed E-state index contributed by atoms with van der Waals surface area (Å²) in [4.78, 5) is 15.6. The molecule has 0 atom stereocenters. The maximum absolute atomic E-state index is 11.3. The first-order valence-electron chi connectivity index (χ1n) is 6.42. The van der Waals surface area contributed by atoms with E-state index in [-0.39, 0.29) is 11.7 Å². The summed E-state index contributed by atoms with van der Waals surface area (Å²) in [6.45, 7) is 1.29. The van der Waals surface area contributed by atoms with Crippen molar-refractivity contribution in [1.82, 2.24) is 24.5 Å². The van der Waals surface area contributed by atoms with Gasteiger partial charge >= 0.3 is 5.97 Å². The van der Waals surface area contributed by atoms with Gasteiger partial charge < -0.3 is 14.4 Å². The van der Waals surface area contributed by atoms with Crippen LogP contribution in [0.15, 0.2) is 12.4 Å². The van der Waals surface area contributed by atoms with Gasteiger partial charge in [0.25, 0.3) is 0 Å². The van der Waals surface area contributed by atoms with E-state index in [0.717, 1.165) is 12.8 Å². The van der Waals surface area contributed by atoms with Crippen LogP contribution in [-0.4, -0.2) is 48.8 Å². The minimum Gasteiger partial charge on any atom is -0.476 e. The van der Waals surface area contributed by atoms with Crippen molar-refractivity contribution in [3.05, 3.63) is 18.1 Å². The second-order valence-corrected chi connectivity index (χ2v) is 4.74. The summed E-state index contributed by atoms with van der Waals surface area (Å²) < 4.78 is 8.77.